The summed E-state index contributed by atoms with van der Waals surface area (Å²) >= 11 is 0. The summed E-state index contributed by atoms with van der Waals surface area (Å²) in [7, 11) is 0. The first-order valence-electron chi connectivity index (χ1n) is 9.60. The molecule has 22 heavy (non-hydrogen) atoms. The fourth-order valence-electron chi connectivity index (χ4n) is 1.95. The van der Waals surface area contributed by atoms with Crippen LogP contribution in [0.5, 0.6) is 0 Å². The van der Waals surface area contributed by atoms with E-state index < -0.39 is 53.3 Å². The molecule has 0 heterocycles. The van der Waals surface area contributed by atoms with E-state index in [9.17, 15) is 9.59 Å². The third kappa shape index (κ3) is 5.88. The van der Waals surface area contributed by atoms with Crippen LogP contribution in [0.25, 0.3) is 0 Å². The minimum Gasteiger partial charge on any atom is -0.462 e. The molecule has 0 radical (unpaired) electrons. The van der Waals surface area contributed by atoms with E-state index in [0.717, 1.165) is 6.42 Å². The number of benzene rings is 1. The number of unbranched alkanes of at least 4 members (excludes halogenated alkanes) is 1. The molecule has 0 spiro atoms. The van der Waals surface area contributed by atoms with Crippen molar-refractivity contribution in [1.82, 2.24) is 0 Å². The Morgan fingerprint density at radius 2 is 1.73 bits per heavy atom. The summed E-state index contributed by atoms with van der Waals surface area (Å²) in [5.74, 6) is -1.62. The van der Waals surface area contributed by atoms with Crippen molar-refractivity contribution in [2.45, 2.75) is 53.1 Å². The summed E-state index contributed by atoms with van der Waals surface area (Å²) in [5, 5.41) is 0. The van der Waals surface area contributed by atoms with Gasteiger partial charge in [0, 0.05) is 0 Å². The van der Waals surface area contributed by atoms with Gasteiger partial charge in [0.2, 0.25) is 0 Å². The fourth-order valence-corrected chi connectivity index (χ4v) is 1.95. The largest absolute Gasteiger partial charge is 0.462 e. The van der Waals surface area contributed by atoms with Gasteiger partial charge in [-0.2, -0.15) is 0 Å². The molecule has 0 saturated carbocycles. The summed E-state index contributed by atoms with van der Waals surface area (Å²) in [4.78, 5) is 24.9. The first-order valence-corrected chi connectivity index (χ1v) is 7.60. The Balaban J connectivity index is 3.31. The maximum absolute atomic E-state index is 12.6. The van der Waals surface area contributed by atoms with E-state index in [1.54, 1.807) is 6.92 Å². The van der Waals surface area contributed by atoms with Crippen LogP contribution in [0.2, 0.25) is 0 Å². The van der Waals surface area contributed by atoms with Gasteiger partial charge in [0.1, 0.15) is 0 Å². The summed E-state index contributed by atoms with van der Waals surface area (Å²) in [6.07, 6.45) is 1.54. The van der Waals surface area contributed by atoms with Crippen LogP contribution in [0.15, 0.2) is 24.2 Å². The van der Waals surface area contributed by atoms with Crippen LogP contribution in [0.1, 0.15) is 73.2 Å². The lowest BCUT2D eigenvalue weighted by molar-refractivity contribution is 0.0288. The van der Waals surface area contributed by atoms with Crippen molar-refractivity contribution in [3.8, 4) is 0 Å². The van der Waals surface area contributed by atoms with E-state index in [4.69, 9.17) is 15.0 Å². The lowest BCUT2D eigenvalue weighted by Gasteiger charge is -2.16. The molecule has 4 nitrogen and oxygen atoms in total. The number of carbonyl (C=O) groups is 2. The Morgan fingerprint density at radius 1 is 1.14 bits per heavy atom. The molecule has 0 aliphatic heterocycles. The second-order valence-electron chi connectivity index (χ2n) is 5.58. The van der Waals surface area contributed by atoms with Gasteiger partial charge in [-0.25, -0.2) is 9.59 Å². The van der Waals surface area contributed by atoms with E-state index >= 15 is 0 Å². The third-order valence-electron chi connectivity index (χ3n) is 2.94. The molecule has 1 rings (SSSR count). The molecule has 4 heteroatoms. The molecule has 0 fully saturated rings. The van der Waals surface area contributed by atoms with E-state index in [1.165, 1.54) is 0 Å². The molecule has 0 aliphatic rings. The van der Waals surface area contributed by atoms with Crippen LogP contribution in [0.3, 0.4) is 0 Å². The summed E-state index contributed by atoms with van der Waals surface area (Å²) in [5.41, 5.74) is -0.957. The molecule has 1 atom stereocenters. The van der Waals surface area contributed by atoms with Crippen LogP contribution < -0.4 is 0 Å². The van der Waals surface area contributed by atoms with Gasteiger partial charge in [-0.3, -0.25) is 0 Å². The molecule has 0 aliphatic carbocycles. The number of rotatable bonds is 8. The van der Waals surface area contributed by atoms with Gasteiger partial charge in [-0.1, -0.05) is 39.3 Å². The predicted molar refractivity (Wildman–Crippen MR) is 86.0 cm³/mol. The molecular formula is C18H26O4. The number of ether oxygens (including phenoxy) is 2. The monoisotopic (exact) mass is 310 g/mol. The van der Waals surface area contributed by atoms with Crippen molar-refractivity contribution in [1.29, 1.82) is 0 Å². The Hall–Kier alpha value is -1.84. The molecule has 0 aromatic heterocycles. The second kappa shape index (κ2) is 9.23. The minimum atomic E-state index is -0.951. The average molecular weight is 310 g/mol. The van der Waals surface area contributed by atoms with E-state index in [2.05, 4.69) is 0 Å². The van der Waals surface area contributed by atoms with Crippen LogP contribution in [0, 0.1) is 5.92 Å². The SMILES string of the molecule is [2H]c1c([2H])c([2H])c(C(=O)OC(C)CC(C)C)c(C(=O)OCCCC)c1[2H]. The molecule has 1 unspecified atom stereocenters. The van der Waals surface area contributed by atoms with Crippen LogP contribution >= 0.6 is 0 Å². The Morgan fingerprint density at radius 3 is 2.27 bits per heavy atom. The van der Waals surface area contributed by atoms with Crippen LogP contribution in [-0.4, -0.2) is 24.6 Å². The van der Waals surface area contributed by atoms with Gasteiger partial charge in [-0.05, 0) is 37.8 Å². The normalized spacial score (nSPS) is 14.6. The van der Waals surface area contributed by atoms with E-state index in [0.29, 0.717) is 12.8 Å². The standard InChI is InChI=1S/C18H26O4/c1-5-6-11-21-17(19)15-9-7-8-10-16(15)18(20)22-14(4)12-13(2)3/h7-10,13-14H,5-6,11-12H2,1-4H3/i7D,8D,9D,10D. The van der Waals surface area contributed by atoms with Crippen molar-refractivity contribution in [3.63, 3.8) is 0 Å². The number of esters is 2. The zero-order valence-corrected chi connectivity index (χ0v) is 13.6. The maximum atomic E-state index is 12.6. The van der Waals surface area contributed by atoms with Crippen molar-refractivity contribution in [2.24, 2.45) is 5.92 Å². The first-order chi connectivity index (χ1) is 12.1. The summed E-state index contributed by atoms with van der Waals surface area (Å²) in [6.45, 7) is 7.66. The lowest BCUT2D eigenvalue weighted by atomic mass is 10.1. The Kier molecular flexibility index (Phi) is 5.32. The van der Waals surface area contributed by atoms with Gasteiger partial charge in [0.25, 0.3) is 0 Å². The molecule has 122 valence electrons. The highest BCUT2D eigenvalue weighted by atomic mass is 16.5. The molecule has 1 aromatic carbocycles. The van der Waals surface area contributed by atoms with Crippen LogP contribution in [-0.2, 0) is 9.47 Å². The van der Waals surface area contributed by atoms with Gasteiger partial charge in [-0.15, -0.1) is 0 Å². The zero-order chi connectivity index (χ0) is 20.0. The molecule has 0 amide bonds. The van der Waals surface area contributed by atoms with Crippen molar-refractivity contribution < 1.29 is 24.5 Å². The molecule has 0 saturated heterocycles. The zero-order valence-electron chi connectivity index (χ0n) is 17.6. The number of hydrogen-bond donors (Lipinski definition) is 0. The maximum Gasteiger partial charge on any atom is 0.339 e. The number of carbonyl (C=O) groups excluding carboxylic acids is 2. The Labute approximate surface area is 138 Å². The van der Waals surface area contributed by atoms with Gasteiger partial charge < -0.3 is 9.47 Å². The predicted octanol–water partition coefficient (Wildman–Crippen LogP) is 4.23. The summed E-state index contributed by atoms with van der Waals surface area (Å²) < 4.78 is 41.8. The molecule has 0 N–H and O–H groups in total. The van der Waals surface area contributed by atoms with Gasteiger partial charge in [0.15, 0.2) is 0 Å². The quantitative estimate of drug-likeness (QED) is 0.532. The topological polar surface area (TPSA) is 52.6 Å². The lowest BCUT2D eigenvalue weighted by Crippen LogP contribution is -2.20. The highest BCUT2D eigenvalue weighted by Crippen LogP contribution is 2.15. The van der Waals surface area contributed by atoms with Crippen molar-refractivity contribution in [3.05, 3.63) is 35.3 Å². The van der Waals surface area contributed by atoms with Gasteiger partial charge in [0.05, 0.1) is 29.3 Å². The van der Waals surface area contributed by atoms with E-state index in [-0.39, 0.29) is 12.5 Å². The second-order valence-corrected chi connectivity index (χ2v) is 5.58. The summed E-state index contributed by atoms with van der Waals surface area (Å²) in [6, 6.07) is -2.39. The molecule has 0 bridgehead atoms. The molecular weight excluding hydrogens is 280 g/mol. The van der Waals surface area contributed by atoms with Crippen LogP contribution in [0.4, 0.5) is 0 Å². The fraction of sp³-hybridized carbons (Fsp3) is 0.556. The highest BCUT2D eigenvalue weighted by Gasteiger charge is 2.20. The van der Waals surface area contributed by atoms with Crippen molar-refractivity contribution in [2.75, 3.05) is 6.61 Å². The third-order valence-corrected chi connectivity index (χ3v) is 2.94. The average Bonchev–Trinajstić information content (AvgIpc) is 2.54. The first kappa shape index (κ1) is 12.7. The van der Waals surface area contributed by atoms with Crippen molar-refractivity contribution >= 4 is 11.9 Å². The Bertz CT molecular complexity index is 674. The van der Waals surface area contributed by atoms with Gasteiger partial charge >= 0.3 is 11.9 Å². The van der Waals surface area contributed by atoms with E-state index in [1.807, 2.05) is 20.8 Å². The number of hydrogen-bond acceptors (Lipinski definition) is 4. The minimum absolute atomic E-state index is 0.107. The molecule has 1 aromatic rings. The smallest absolute Gasteiger partial charge is 0.339 e. The highest BCUT2D eigenvalue weighted by molar-refractivity contribution is 6.03.